The van der Waals surface area contributed by atoms with Crippen LogP contribution in [0.1, 0.15) is 78.5 Å². The van der Waals surface area contributed by atoms with E-state index in [1.165, 1.54) is 4.90 Å². The number of likely N-dealkylation sites (N-methyl/N-ethyl adjacent to an activating group) is 1. The van der Waals surface area contributed by atoms with Crippen molar-refractivity contribution in [1.82, 2.24) is 15.5 Å². The van der Waals surface area contributed by atoms with Crippen LogP contribution in [0.5, 0.6) is 5.75 Å². The van der Waals surface area contributed by atoms with Gasteiger partial charge < -0.3 is 30.1 Å². The van der Waals surface area contributed by atoms with Crippen LogP contribution in [0.2, 0.25) is 0 Å². The Morgan fingerprint density at radius 3 is 2.30 bits per heavy atom. The highest BCUT2D eigenvalue weighted by molar-refractivity contribution is 5.93. The second-order valence-corrected chi connectivity index (χ2v) is 9.90. The number of aromatic hydroxyl groups is 1. The molecule has 0 aliphatic heterocycles. The number of rotatable bonds is 12. The maximum Gasteiger partial charge on any atom is 0.408 e. The standard InChI is InChI=1S/C27H43N3O7/c1-9-17(4)21(29-26(35)37-27(6,7)8)25(34)30(10-2)22(19-14-12-13-18(5)23(19)32)24(33)28-16-15-20(31)36-11-3/h12-14,17,21-22,32H,9-11,15-16H2,1-8H3,(H,28,33)(H,29,35). The molecule has 37 heavy (non-hydrogen) atoms. The van der Waals surface area contributed by atoms with E-state index in [0.29, 0.717) is 12.0 Å². The van der Waals surface area contributed by atoms with Gasteiger partial charge in [0.2, 0.25) is 11.8 Å². The van der Waals surface area contributed by atoms with Crippen LogP contribution in [0, 0.1) is 12.8 Å². The first-order chi connectivity index (χ1) is 17.3. The van der Waals surface area contributed by atoms with Gasteiger partial charge >= 0.3 is 12.1 Å². The normalized spacial score (nSPS) is 13.6. The highest BCUT2D eigenvalue weighted by Gasteiger charge is 2.38. The molecule has 0 aliphatic rings. The quantitative estimate of drug-likeness (QED) is 0.358. The van der Waals surface area contributed by atoms with Gasteiger partial charge in [-0.05, 0) is 53.0 Å². The largest absolute Gasteiger partial charge is 0.507 e. The van der Waals surface area contributed by atoms with Gasteiger partial charge in [-0.3, -0.25) is 14.4 Å². The molecular formula is C27H43N3O7. The van der Waals surface area contributed by atoms with E-state index >= 15 is 0 Å². The Kier molecular flexibility index (Phi) is 12.4. The average Bonchev–Trinajstić information content (AvgIpc) is 2.81. The van der Waals surface area contributed by atoms with Crippen LogP contribution in [0.3, 0.4) is 0 Å². The summed E-state index contributed by atoms with van der Waals surface area (Å²) in [5.74, 6) is -1.90. The second-order valence-electron chi connectivity index (χ2n) is 9.90. The van der Waals surface area contributed by atoms with Crippen molar-refractivity contribution in [2.24, 2.45) is 5.92 Å². The van der Waals surface area contributed by atoms with Gasteiger partial charge in [0.15, 0.2) is 0 Å². The summed E-state index contributed by atoms with van der Waals surface area (Å²) < 4.78 is 10.3. The molecule has 0 fully saturated rings. The fraction of sp³-hybridized carbons (Fsp3) is 0.630. The lowest BCUT2D eigenvalue weighted by Crippen LogP contribution is -2.55. The molecular weight excluding hydrogens is 478 g/mol. The smallest absolute Gasteiger partial charge is 0.408 e. The topological polar surface area (TPSA) is 134 Å². The molecule has 1 aromatic carbocycles. The third-order valence-electron chi connectivity index (χ3n) is 5.83. The number of alkyl carbamates (subject to hydrolysis) is 1. The van der Waals surface area contributed by atoms with Crippen LogP contribution in [-0.4, -0.2) is 65.2 Å². The van der Waals surface area contributed by atoms with Crippen molar-refractivity contribution in [3.8, 4) is 5.75 Å². The number of ether oxygens (including phenoxy) is 2. The zero-order chi connectivity index (χ0) is 28.3. The molecule has 0 bridgehead atoms. The Morgan fingerprint density at radius 1 is 1.11 bits per heavy atom. The summed E-state index contributed by atoms with van der Waals surface area (Å²) in [4.78, 5) is 52.9. The van der Waals surface area contributed by atoms with Gasteiger partial charge in [0.25, 0.3) is 0 Å². The lowest BCUT2D eigenvalue weighted by Gasteiger charge is -2.35. The van der Waals surface area contributed by atoms with E-state index in [0.717, 1.165) is 0 Å². The molecule has 10 heteroatoms. The number of amides is 3. The van der Waals surface area contributed by atoms with Crippen LogP contribution < -0.4 is 10.6 Å². The van der Waals surface area contributed by atoms with Crippen molar-refractivity contribution in [3.63, 3.8) is 0 Å². The third-order valence-corrected chi connectivity index (χ3v) is 5.83. The van der Waals surface area contributed by atoms with Crippen molar-refractivity contribution >= 4 is 23.9 Å². The van der Waals surface area contributed by atoms with E-state index < -0.39 is 41.6 Å². The molecule has 0 spiro atoms. The van der Waals surface area contributed by atoms with Crippen LogP contribution in [0.15, 0.2) is 18.2 Å². The number of benzene rings is 1. The number of carbonyl (C=O) groups is 4. The number of para-hydroxylation sites is 1. The monoisotopic (exact) mass is 521 g/mol. The van der Waals surface area contributed by atoms with E-state index in [2.05, 4.69) is 10.6 Å². The number of hydrogen-bond donors (Lipinski definition) is 3. The van der Waals surface area contributed by atoms with Gasteiger partial charge in [-0.1, -0.05) is 38.5 Å². The summed E-state index contributed by atoms with van der Waals surface area (Å²) in [6.07, 6.45) is -0.200. The number of hydrogen-bond acceptors (Lipinski definition) is 7. The number of nitrogens with zero attached hydrogens (tertiary/aromatic N) is 1. The second kappa shape index (κ2) is 14.4. The predicted octanol–water partition coefficient (Wildman–Crippen LogP) is 3.60. The molecule has 1 rings (SSSR count). The molecule has 10 nitrogen and oxygen atoms in total. The Morgan fingerprint density at radius 2 is 1.76 bits per heavy atom. The minimum atomic E-state index is -1.20. The van der Waals surface area contributed by atoms with Gasteiger partial charge in [0.05, 0.1) is 13.0 Å². The van der Waals surface area contributed by atoms with Crippen LogP contribution in [0.25, 0.3) is 0 Å². The van der Waals surface area contributed by atoms with Crippen molar-refractivity contribution in [2.75, 3.05) is 19.7 Å². The SMILES string of the molecule is CCOC(=O)CCNC(=O)C(c1cccc(C)c1O)N(CC)C(=O)C(NC(=O)OC(C)(C)C)C(C)CC. The minimum absolute atomic E-state index is 0.00254. The summed E-state index contributed by atoms with van der Waals surface area (Å²) in [5, 5.41) is 16.2. The number of carbonyl (C=O) groups excluding carboxylic acids is 4. The van der Waals surface area contributed by atoms with Crippen LogP contribution >= 0.6 is 0 Å². The van der Waals surface area contributed by atoms with Crippen molar-refractivity contribution in [2.45, 2.75) is 85.9 Å². The highest BCUT2D eigenvalue weighted by atomic mass is 16.6. The van der Waals surface area contributed by atoms with Gasteiger partial charge in [0.1, 0.15) is 23.4 Å². The van der Waals surface area contributed by atoms with E-state index in [9.17, 15) is 24.3 Å². The van der Waals surface area contributed by atoms with E-state index in [1.54, 1.807) is 59.7 Å². The van der Waals surface area contributed by atoms with Crippen molar-refractivity contribution in [3.05, 3.63) is 29.3 Å². The molecule has 1 aromatic rings. The lowest BCUT2D eigenvalue weighted by molar-refractivity contribution is -0.144. The lowest BCUT2D eigenvalue weighted by atomic mass is 9.95. The Balaban J connectivity index is 3.39. The maximum atomic E-state index is 13.9. The van der Waals surface area contributed by atoms with E-state index in [4.69, 9.17) is 9.47 Å². The number of phenols is 1. The van der Waals surface area contributed by atoms with E-state index in [1.807, 2.05) is 13.8 Å². The molecule has 3 N–H and O–H groups in total. The highest BCUT2D eigenvalue weighted by Crippen LogP contribution is 2.32. The Labute approximate surface area is 220 Å². The first-order valence-electron chi connectivity index (χ1n) is 12.8. The van der Waals surface area contributed by atoms with Gasteiger partial charge in [0, 0.05) is 18.7 Å². The van der Waals surface area contributed by atoms with Gasteiger partial charge in [-0.25, -0.2) is 4.79 Å². The average molecular weight is 522 g/mol. The molecule has 3 amide bonds. The van der Waals surface area contributed by atoms with Crippen molar-refractivity contribution < 1.29 is 33.8 Å². The minimum Gasteiger partial charge on any atom is -0.507 e. The fourth-order valence-electron chi connectivity index (χ4n) is 3.73. The van der Waals surface area contributed by atoms with Gasteiger partial charge in [-0.2, -0.15) is 0 Å². The zero-order valence-corrected chi connectivity index (χ0v) is 23.3. The van der Waals surface area contributed by atoms with Gasteiger partial charge in [-0.15, -0.1) is 0 Å². The Hall–Kier alpha value is -3.30. The molecule has 0 radical (unpaired) electrons. The molecule has 0 aromatic heterocycles. The summed E-state index contributed by atoms with van der Waals surface area (Å²) in [7, 11) is 0. The molecule has 3 unspecified atom stereocenters. The van der Waals surface area contributed by atoms with Crippen molar-refractivity contribution in [1.29, 1.82) is 0 Å². The van der Waals surface area contributed by atoms with Crippen LogP contribution in [-0.2, 0) is 23.9 Å². The summed E-state index contributed by atoms with van der Waals surface area (Å²) in [6, 6.07) is 2.78. The number of phenolic OH excluding ortho intramolecular Hbond substituents is 1. The molecule has 0 aliphatic carbocycles. The molecule has 0 saturated heterocycles. The first-order valence-corrected chi connectivity index (χ1v) is 12.8. The first kappa shape index (κ1) is 31.7. The third kappa shape index (κ3) is 9.59. The van der Waals surface area contributed by atoms with Crippen LogP contribution in [0.4, 0.5) is 4.79 Å². The number of esters is 1. The zero-order valence-electron chi connectivity index (χ0n) is 23.3. The summed E-state index contributed by atoms with van der Waals surface area (Å²) in [6.45, 7) is 14.3. The number of aryl methyl sites for hydroxylation is 1. The fourth-order valence-corrected chi connectivity index (χ4v) is 3.73. The Bertz CT molecular complexity index is 942. The molecule has 0 saturated carbocycles. The number of nitrogens with one attached hydrogen (secondary N) is 2. The predicted molar refractivity (Wildman–Crippen MR) is 140 cm³/mol. The summed E-state index contributed by atoms with van der Waals surface area (Å²) >= 11 is 0. The van der Waals surface area contributed by atoms with E-state index in [-0.39, 0.29) is 43.3 Å². The molecule has 208 valence electrons. The summed E-state index contributed by atoms with van der Waals surface area (Å²) in [5.41, 5.74) is 0.0198. The maximum absolute atomic E-state index is 13.9. The molecule has 3 atom stereocenters. The molecule has 0 heterocycles.